The predicted molar refractivity (Wildman–Crippen MR) is 127 cm³/mol. The van der Waals surface area contributed by atoms with Crippen LogP contribution >= 0.6 is 0 Å². The molecule has 1 heterocycles. The van der Waals surface area contributed by atoms with Crippen LogP contribution in [0.4, 0.5) is 4.79 Å². The second-order valence-electron chi connectivity index (χ2n) is 8.52. The lowest BCUT2D eigenvalue weighted by atomic mass is 9.92. The number of amides is 2. The Bertz CT molecular complexity index is 1060. The van der Waals surface area contributed by atoms with E-state index in [2.05, 4.69) is 0 Å². The van der Waals surface area contributed by atoms with Crippen molar-refractivity contribution in [3.05, 3.63) is 65.2 Å². The molecule has 4 rings (SSSR count). The molecule has 0 saturated heterocycles. The number of methoxy groups -OCH3 is 1. The van der Waals surface area contributed by atoms with Crippen LogP contribution in [0.15, 0.2) is 54.1 Å². The number of nitrogens with zero attached hydrogens (tertiary/aromatic N) is 2. The first-order valence-electron chi connectivity index (χ1n) is 11.5. The molecule has 2 aromatic rings. The quantitative estimate of drug-likeness (QED) is 0.588. The first-order valence-corrected chi connectivity index (χ1v) is 11.5. The van der Waals surface area contributed by atoms with Crippen molar-refractivity contribution in [3.63, 3.8) is 0 Å². The molecule has 0 bridgehead atoms. The van der Waals surface area contributed by atoms with Crippen molar-refractivity contribution in [2.24, 2.45) is 0 Å². The summed E-state index contributed by atoms with van der Waals surface area (Å²) < 4.78 is 10.8. The van der Waals surface area contributed by atoms with Gasteiger partial charge in [0.1, 0.15) is 18.1 Å². The summed E-state index contributed by atoms with van der Waals surface area (Å²) >= 11 is 0. The van der Waals surface area contributed by atoms with Crippen LogP contribution < -0.4 is 9.47 Å². The Balaban J connectivity index is 1.65. The zero-order chi connectivity index (χ0) is 24.1. The normalized spacial score (nSPS) is 15.8. The molecule has 8 nitrogen and oxygen atoms in total. The van der Waals surface area contributed by atoms with Crippen LogP contribution in [-0.4, -0.2) is 71.5 Å². The number of carboxylic acid groups (broad SMARTS) is 1. The zero-order valence-electron chi connectivity index (χ0n) is 19.3. The van der Waals surface area contributed by atoms with Gasteiger partial charge < -0.3 is 29.5 Å². The predicted octanol–water partition coefficient (Wildman–Crippen LogP) is 3.39. The molecule has 0 radical (unpaired) electrons. The van der Waals surface area contributed by atoms with Gasteiger partial charge in [-0.15, -0.1) is 0 Å². The van der Waals surface area contributed by atoms with Crippen molar-refractivity contribution < 1.29 is 29.3 Å². The highest BCUT2D eigenvalue weighted by Crippen LogP contribution is 2.35. The van der Waals surface area contributed by atoms with Crippen molar-refractivity contribution in [1.82, 2.24) is 9.80 Å². The monoisotopic (exact) mass is 466 g/mol. The number of carbonyl (C=O) groups is 2. The number of aliphatic hydroxyl groups excluding tert-OH is 1. The van der Waals surface area contributed by atoms with Gasteiger partial charge in [-0.2, -0.15) is 0 Å². The maximum atomic E-state index is 13.9. The highest BCUT2D eigenvalue weighted by molar-refractivity contribution is 6.03. The van der Waals surface area contributed by atoms with E-state index in [4.69, 9.17) is 14.6 Å². The summed E-state index contributed by atoms with van der Waals surface area (Å²) in [6.45, 7) is 0.983. The molecule has 2 aliphatic rings. The molecule has 0 aromatic heterocycles. The average Bonchev–Trinajstić information content (AvgIpc) is 3.71. The minimum Gasteiger partial charge on any atom is -0.497 e. The van der Waals surface area contributed by atoms with Gasteiger partial charge in [-0.1, -0.05) is 24.3 Å². The Morgan fingerprint density at radius 1 is 1.12 bits per heavy atom. The van der Waals surface area contributed by atoms with E-state index in [1.54, 1.807) is 19.2 Å². The van der Waals surface area contributed by atoms with Crippen LogP contribution in [0.2, 0.25) is 0 Å². The summed E-state index contributed by atoms with van der Waals surface area (Å²) in [6, 6.07) is 15.2. The summed E-state index contributed by atoms with van der Waals surface area (Å²) in [7, 11) is 1.61. The van der Waals surface area contributed by atoms with E-state index in [0.717, 1.165) is 35.3 Å². The molecule has 1 fully saturated rings. The highest BCUT2D eigenvalue weighted by atomic mass is 16.5. The van der Waals surface area contributed by atoms with E-state index < -0.39 is 6.09 Å². The summed E-state index contributed by atoms with van der Waals surface area (Å²) in [5.74, 6) is 1.25. The third-order valence-corrected chi connectivity index (χ3v) is 6.17. The van der Waals surface area contributed by atoms with Gasteiger partial charge in [0, 0.05) is 24.7 Å². The van der Waals surface area contributed by atoms with Gasteiger partial charge in [0.15, 0.2) is 0 Å². The second kappa shape index (κ2) is 10.6. The number of ether oxygens (including phenoxy) is 2. The molecule has 1 aliphatic carbocycles. The van der Waals surface area contributed by atoms with Crippen LogP contribution in [0.25, 0.3) is 5.57 Å². The van der Waals surface area contributed by atoms with E-state index in [1.807, 2.05) is 41.3 Å². The minimum atomic E-state index is -1.03. The van der Waals surface area contributed by atoms with E-state index in [0.29, 0.717) is 30.8 Å². The Labute approximate surface area is 199 Å². The fourth-order valence-electron chi connectivity index (χ4n) is 4.25. The molecule has 180 valence electrons. The lowest BCUT2D eigenvalue weighted by Gasteiger charge is -2.32. The molecule has 1 aliphatic heterocycles. The summed E-state index contributed by atoms with van der Waals surface area (Å²) in [5, 5.41) is 18.5. The number of rotatable bonds is 9. The third-order valence-electron chi connectivity index (χ3n) is 6.17. The maximum absolute atomic E-state index is 13.9. The number of carbonyl (C=O) groups excluding carboxylic acids is 1. The van der Waals surface area contributed by atoms with Crippen molar-refractivity contribution >= 4 is 17.6 Å². The summed E-state index contributed by atoms with van der Waals surface area (Å²) in [5.41, 5.74) is 3.24. The van der Waals surface area contributed by atoms with Gasteiger partial charge >= 0.3 is 6.09 Å². The van der Waals surface area contributed by atoms with E-state index in [9.17, 15) is 14.7 Å². The van der Waals surface area contributed by atoms with Crippen LogP contribution in [0, 0.1) is 0 Å². The lowest BCUT2D eigenvalue weighted by Crippen LogP contribution is -2.42. The third kappa shape index (κ3) is 5.51. The number of hydrogen-bond acceptors (Lipinski definition) is 5. The Hall–Kier alpha value is -3.52. The number of benzene rings is 2. The average molecular weight is 467 g/mol. The van der Waals surface area contributed by atoms with Gasteiger partial charge in [-0.3, -0.25) is 4.79 Å². The smallest absolute Gasteiger partial charge is 0.407 e. The maximum Gasteiger partial charge on any atom is 0.407 e. The number of aliphatic hydroxyl groups is 1. The zero-order valence-corrected chi connectivity index (χ0v) is 19.3. The van der Waals surface area contributed by atoms with Gasteiger partial charge in [-0.25, -0.2) is 4.79 Å². The largest absolute Gasteiger partial charge is 0.497 e. The van der Waals surface area contributed by atoms with E-state index in [1.165, 1.54) is 4.90 Å². The molecule has 0 atom stereocenters. The van der Waals surface area contributed by atoms with Gasteiger partial charge in [0.25, 0.3) is 5.91 Å². The van der Waals surface area contributed by atoms with E-state index in [-0.39, 0.29) is 31.7 Å². The molecule has 34 heavy (non-hydrogen) atoms. The summed E-state index contributed by atoms with van der Waals surface area (Å²) in [6.07, 6.45) is 1.32. The van der Waals surface area contributed by atoms with Crippen molar-refractivity contribution in [3.8, 4) is 11.5 Å². The fourth-order valence-corrected chi connectivity index (χ4v) is 4.25. The molecule has 2 N–H and O–H groups in total. The molecular formula is C26H30N2O6. The molecule has 2 aromatic carbocycles. The second-order valence-corrected chi connectivity index (χ2v) is 8.52. The molecular weight excluding hydrogens is 436 g/mol. The summed E-state index contributed by atoms with van der Waals surface area (Å²) in [4.78, 5) is 28.7. The topological polar surface area (TPSA) is 99.5 Å². The van der Waals surface area contributed by atoms with Crippen LogP contribution in [0.5, 0.6) is 11.5 Å². The molecule has 1 saturated carbocycles. The first-order chi connectivity index (χ1) is 16.5. The van der Waals surface area contributed by atoms with Gasteiger partial charge in [-0.05, 0) is 60.2 Å². The van der Waals surface area contributed by atoms with Crippen molar-refractivity contribution in [2.75, 3.05) is 33.4 Å². The SMILES string of the molecule is COc1cccc(CN(C(=O)C2=C(c3ccc(OCCO)cc3)CCN(C(=O)O)C2)C2CC2)c1. The van der Waals surface area contributed by atoms with Crippen LogP contribution in [-0.2, 0) is 11.3 Å². The minimum absolute atomic E-state index is 0.0631. The van der Waals surface area contributed by atoms with E-state index >= 15 is 0 Å². The van der Waals surface area contributed by atoms with Crippen molar-refractivity contribution in [1.29, 1.82) is 0 Å². The molecule has 2 amide bonds. The molecule has 8 heteroatoms. The Morgan fingerprint density at radius 2 is 1.88 bits per heavy atom. The van der Waals surface area contributed by atoms with Crippen LogP contribution in [0.3, 0.4) is 0 Å². The van der Waals surface area contributed by atoms with Crippen LogP contribution in [0.1, 0.15) is 30.4 Å². The van der Waals surface area contributed by atoms with Crippen molar-refractivity contribution in [2.45, 2.75) is 31.8 Å². The standard InChI is InChI=1S/C26H30N2O6/c1-33-22-4-2-3-18(15-22)16-28(20-7-8-20)25(30)24-17-27(26(31)32)12-11-23(24)19-5-9-21(10-6-19)34-14-13-29/h2-6,9-10,15,20,29H,7-8,11-14,16-17H2,1H3,(H,31,32). The molecule has 0 unspecified atom stereocenters. The Kier molecular flexibility index (Phi) is 7.37. The lowest BCUT2D eigenvalue weighted by molar-refractivity contribution is -0.128. The van der Waals surface area contributed by atoms with Gasteiger partial charge in [0.2, 0.25) is 0 Å². The Morgan fingerprint density at radius 3 is 2.53 bits per heavy atom. The highest BCUT2D eigenvalue weighted by Gasteiger charge is 2.37. The number of hydrogen-bond donors (Lipinski definition) is 2. The van der Waals surface area contributed by atoms with Gasteiger partial charge in [0.05, 0.1) is 20.3 Å². The molecule has 0 spiro atoms. The first kappa shape index (κ1) is 23.6. The fraction of sp³-hybridized carbons (Fsp3) is 0.385.